The molecule has 1 saturated heterocycles. The van der Waals surface area contributed by atoms with Crippen molar-refractivity contribution in [3.8, 4) is 5.75 Å². The zero-order valence-corrected chi connectivity index (χ0v) is 7.56. The van der Waals surface area contributed by atoms with Gasteiger partial charge in [-0.05, 0) is 17.7 Å². The maximum absolute atomic E-state index is 11.1. The smallest absolute Gasteiger partial charge is 0.334 e. The van der Waals surface area contributed by atoms with Crippen molar-refractivity contribution < 1.29 is 14.6 Å². The zero-order chi connectivity index (χ0) is 10.1. The number of benzene rings is 1. The van der Waals surface area contributed by atoms with Crippen LogP contribution < -0.4 is 0 Å². The van der Waals surface area contributed by atoms with Crippen molar-refractivity contribution in [3.63, 3.8) is 0 Å². The van der Waals surface area contributed by atoms with Crippen LogP contribution in [0, 0.1) is 0 Å². The third-order valence-corrected chi connectivity index (χ3v) is 2.23. The van der Waals surface area contributed by atoms with Crippen molar-refractivity contribution >= 4 is 5.97 Å². The summed E-state index contributed by atoms with van der Waals surface area (Å²) >= 11 is 0. The molecule has 72 valence electrons. The van der Waals surface area contributed by atoms with Gasteiger partial charge in [0.15, 0.2) is 0 Å². The number of ether oxygens (including phenoxy) is 1. The summed E-state index contributed by atoms with van der Waals surface area (Å²) in [5.41, 5.74) is 1.39. The Hall–Kier alpha value is -1.77. The van der Waals surface area contributed by atoms with Gasteiger partial charge >= 0.3 is 5.97 Å². The number of phenolic OH excluding ortho intramolecular Hbond substituents is 1. The van der Waals surface area contributed by atoms with Gasteiger partial charge in [-0.1, -0.05) is 18.7 Å². The van der Waals surface area contributed by atoms with Crippen LogP contribution >= 0.6 is 0 Å². The van der Waals surface area contributed by atoms with Crippen molar-refractivity contribution in [1.29, 1.82) is 0 Å². The molecule has 1 aliphatic heterocycles. The molecular weight excluding hydrogens is 180 g/mol. The summed E-state index contributed by atoms with van der Waals surface area (Å²) in [4.78, 5) is 11.1. The highest BCUT2D eigenvalue weighted by Gasteiger charge is 2.28. The largest absolute Gasteiger partial charge is 0.508 e. The fourth-order valence-electron chi connectivity index (χ4n) is 1.44. The lowest BCUT2D eigenvalue weighted by atomic mass is 10.1. The molecule has 0 spiro atoms. The number of esters is 1. The second kappa shape index (κ2) is 3.18. The SMILES string of the molecule is C=C1CC(c2ccc(O)cc2)OC1=O. The molecule has 0 radical (unpaired) electrons. The molecule has 14 heavy (non-hydrogen) atoms. The predicted molar refractivity (Wildman–Crippen MR) is 50.7 cm³/mol. The van der Waals surface area contributed by atoms with Crippen LogP contribution in [0.3, 0.4) is 0 Å². The number of hydrogen-bond acceptors (Lipinski definition) is 3. The first-order valence-electron chi connectivity index (χ1n) is 4.34. The highest BCUT2D eigenvalue weighted by atomic mass is 16.5. The third-order valence-electron chi connectivity index (χ3n) is 2.23. The van der Waals surface area contributed by atoms with Crippen molar-refractivity contribution in [1.82, 2.24) is 0 Å². The van der Waals surface area contributed by atoms with Crippen LogP contribution in [-0.2, 0) is 9.53 Å². The van der Waals surface area contributed by atoms with Crippen LogP contribution in [0.25, 0.3) is 0 Å². The monoisotopic (exact) mass is 190 g/mol. The van der Waals surface area contributed by atoms with E-state index in [9.17, 15) is 4.79 Å². The van der Waals surface area contributed by atoms with E-state index in [4.69, 9.17) is 9.84 Å². The van der Waals surface area contributed by atoms with Gasteiger partial charge < -0.3 is 9.84 Å². The van der Waals surface area contributed by atoms with Crippen molar-refractivity contribution in [3.05, 3.63) is 42.0 Å². The molecule has 1 heterocycles. The Balaban J connectivity index is 2.21. The fraction of sp³-hybridized carbons (Fsp3) is 0.182. The first-order chi connectivity index (χ1) is 6.66. The van der Waals surface area contributed by atoms with E-state index in [-0.39, 0.29) is 17.8 Å². The normalized spacial score (nSPS) is 21.0. The molecule has 1 N–H and O–H groups in total. The van der Waals surface area contributed by atoms with Gasteiger partial charge in [-0.2, -0.15) is 0 Å². The van der Waals surface area contributed by atoms with Gasteiger partial charge in [-0.25, -0.2) is 4.79 Å². The summed E-state index contributed by atoms with van der Waals surface area (Å²) in [6.07, 6.45) is 0.291. The molecule has 1 aliphatic rings. The Morgan fingerprint density at radius 1 is 1.36 bits per heavy atom. The van der Waals surface area contributed by atoms with E-state index in [1.807, 2.05) is 0 Å². The molecule has 1 aromatic carbocycles. The Morgan fingerprint density at radius 2 is 2.00 bits per heavy atom. The second-order valence-electron chi connectivity index (χ2n) is 3.29. The van der Waals surface area contributed by atoms with Crippen molar-refractivity contribution in [2.45, 2.75) is 12.5 Å². The maximum atomic E-state index is 11.1. The minimum absolute atomic E-state index is 0.205. The summed E-state index contributed by atoms with van der Waals surface area (Å²) in [6.45, 7) is 3.60. The lowest BCUT2D eigenvalue weighted by molar-refractivity contribution is -0.139. The van der Waals surface area contributed by atoms with E-state index >= 15 is 0 Å². The summed E-state index contributed by atoms with van der Waals surface area (Å²) in [7, 11) is 0. The number of hydrogen-bond donors (Lipinski definition) is 1. The van der Waals surface area contributed by atoms with Crippen LogP contribution in [0.1, 0.15) is 18.1 Å². The second-order valence-corrected chi connectivity index (χ2v) is 3.29. The quantitative estimate of drug-likeness (QED) is 0.543. The molecule has 2 rings (SSSR count). The maximum Gasteiger partial charge on any atom is 0.334 e. The highest BCUT2D eigenvalue weighted by molar-refractivity contribution is 5.90. The molecule has 0 aliphatic carbocycles. The van der Waals surface area contributed by atoms with Gasteiger partial charge in [0.2, 0.25) is 0 Å². The van der Waals surface area contributed by atoms with Crippen LogP contribution in [0.15, 0.2) is 36.4 Å². The lowest BCUT2D eigenvalue weighted by Gasteiger charge is -2.08. The van der Waals surface area contributed by atoms with Crippen LogP contribution in [0.4, 0.5) is 0 Å². The number of carbonyl (C=O) groups is 1. The molecule has 1 unspecified atom stereocenters. The molecule has 1 aromatic rings. The number of phenols is 1. The number of cyclic esters (lactones) is 1. The van der Waals surface area contributed by atoms with Crippen molar-refractivity contribution in [2.24, 2.45) is 0 Å². The van der Waals surface area contributed by atoms with Gasteiger partial charge in [0.25, 0.3) is 0 Å². The molecule has 3 heteroatoms. The average Bonchev–Trinajstić information content (AvgIpc) is 2.48. The molecule has 1 atom stereocenters. The average molecular weight is 190 g/mol. The Bertz CT molecular complexity index is 362. The Morgan fingerprint density at radius 3 is 2.50 bits per heavy atom. The molecule has 0 saturated carbocycles. The lowest BCUT2D eigenvalue weighted by Crippen LogP contribution is -1.98. The summed E-state index contributed by atoms with van der Waals surface area (Å²) in [6, 6.07) is 6.63. The van der Waals surface area contributed by atoms with Gasteiger partial charge in [0, 0.05) is 12.0 Å². The zero-order valence-electron chi connectivity index (χ0n) is 7.56. The minimum Gasteiger partial charge on any atom is -0.508 e. The van der Waals surface area contributed by atoms with E-state index in [0.717, 1.165) is 5.56 Å². The van der Waals surface area contributed by atoms with Crippen LogP contribution in [0.2, 0.25) is 0 Å². The topological polar surface area (TPSA) is 46.5 Å². The molecule has 3 nitrogen and oxygen atoms in total. The van der Waals surface area contributed by atoms with E-state index < -0.39 is 0 Å². The fourth-order valence-corrected chi connectivity index (χ4v) is 1.44. The molecule has 0 bridgehead atoms. The molecule has 0 amide bonds. The van der Waals surface area contributed by atoms with Gasteiger partial charge in [-0.15, -0.1) is 0 Å². The first-order valence-corrected chi connectivity index (χ1v) is 4.34. The standard InChI is InChI=1S/C11H10O3/c1-7-6-10(14-11(7)13)8-2-4-9(12)5-3-8/h2-5,10,12H,1,6H2. The Labute approximate surface area is 81.6 Å². The number of carbonyl (C=O) groups excluding carboxylic acids is 1. The van der Waals surface area contributed by atoms with Gasteiger partial charge in [0.1, 0.15) is 11.9 Å². The Kier molecular flexibility index (Phi) is 2.00. The van der Waals surface area contributed by atoms with Crippen LogP contribution in [0.5, 0.6) is 5.75 Å². The third kappa shape index (κ3) is 1.48. The van der Waals surface area contributed by atoms with E-state index in [1.165, 1.54) is 0 Å². The minimum atomic E-state index is -0.330. The van der Waals surface area contributed by atoms with Gasteiger partial charge in [0.05, 0.1) is 0 Å². The van der Waals surface area contributed by atoms with E-state index in [2.05, 4.69) is 6.58 Å². The first kappa shape index (κ1) is 8.81. The van der Waals surface area contributed by atoms with Crippen molar-refractivity contribution in [2.75, 3.05) is 0 Å². The number of aromatic hydroxyl groups is 1. The summed E-state index contributed by atoms with van der Waals surface area (Å²) in [5.74, 6) is -0.125. The van der Waals surface area contributed by atoms with E-state index in [0.29, 0.717) is 12.0 Å². The summed E-state index contributed by atoms with van der Waals surface area (Å²) < 4.78 is 5.08. The molecule has 1 fully saturated rings. The molecule has 0 aromatic heterocycles. The molecular formula is C11H10O3. The number of rotatable bonds is 1. The van der Waals surface area contributed by atoms with Gasteiger partial charge in [-0.3, -0.25) is 0 Å². The van der Waals surface area contributed by atoms with Crippen LogP contribution in [-0.4, -0.2) is 11.1 Å². The predicted octanol–water partition coefficient (Wildman–Crippen LogP) is 1.94. The summed E-state index contributed by atoms with van der Waals surface area (Å²) in [5, 5.41) is 9.08. The highest BCUT2D eigenvalue weighted by Crippen LogP contribution is 2.32. The van der Waals surface area contributed by atoms with E-state index in [1.54, 1.807) is 24.3 Å².